The van der Waals surface area contributed by atoms with Gasteiger partial charge in [-0.2, -0.15) is 12.6 Å². The fourth-order valence-corrected chi connectivity index (χ4v) is 4.00. The number of thiol groups is 1. The average molecular weight is 520 g/mol. The highest BCUT2D eigenvalue weighted by atomic mass is 32.1. The van der Waals surface area contributed by atoms with Gasteiger partial charge in [0.15, 0.2) is 0 Å². The van der Waals surface area contributed by atoms with Crippen LogP contribution in [0.2, 0.25) is 0 Å². The molecule has 5 atom stereocenters. The average Bonchev–Trinajstić information content (AvgIpc) is 3.26. The standard InChI is InChI=1S/C25H37N5O5S/c1-5-14(4)20(26)23(32)30-21(13(2)3)24(33)29-19(12-36)22(31)28-18(25(34)35)10-15-11-27-17-9-7-6-8-16(15)17/h6-9,11,13-14,18-21,27,36H,5,10,12,26H2,1-4H3,(H,28,31)(H,29,33)(H,30,32)(H,34,35). The maximum atomic E-state index is 13.0. The lowest BCUT2D eigenvalue weighted by molar-refractivity contribution is -0.142. The molecule has 0 aliphatic heterocycles. The molecule has 0 saturated heterocycles. The summed E-state index contributed by atoms with van der Waals surface area (Å²) in [7, 11) is 0. The fraction of sp³-hybridized carbons (Fsp3) is 0.520. The third kappa shape index (κ3) is 7.47. The van der Waals surface area contributed by atoms with Crippen LogP contribution in [0.5, 0.6) is 0 Å². The number of carboxylic acids is 1. The van der Waals surface area contributed by atoms with E-state index in [1.165, 1.54) is 0 Å². The van der Waals surface area contributed by atoms with Crippen LogP contribution in [0, 0.1) is 11.8 Å². The number of aliphatic carboxylic acids is 1. The minimum atomic E-state index is -1.22. The van der Waals surface area contributed by atoms with Gasteiger partial charge < -0.3 is 31.8 Å². The summed E-state index contributed by atoms with van der Waals surface area (Å²) in [6.07, 6.45) is 2.47. The Labute approximate surface area is 216 Å². The number of hydrogen-bond donors (Lipinski definition) is 7. The molecule has 1 heterocycles. The molecule has 36 heavy (non-hydrogen) atoms. The molecule has 0 spiro atoms. The second-order valence-corrected chi connectivity index (χ2v) is 9.71. The van der Waals surface area contributed by atoms with Crippen LogP contribution in [0.15, 0.2) is 30.5 Å². The number of fused-ring (bicyclic) bond motifs is 1. The maximum Gasteiger partial charge on any atom is 0.326 e. The Hall–Kier alpha value is -3.05. The molecule has 11 heteroatoms. The van der Waals surface area contributed by atoms with Gasteiger partial charge in [-0.3, -0.25) is 14.4 Å². The van der Waals surface area contributed by atoms with Crippen LogP contribution in [0.25, 0.3) is 10.9 Å². The van der Waals surface area contributed by atoms with Crippen molar-refractivity contribution in [1.82, 2.24) is 20.9 Å². The predicted octanol–water partition coefficient (Wildman–Crippen LogP) is 1.21. The molecule has 7 N–H and O–H groups in total. The first-order valence-electron chi connectivity index (χ1n) is 12.0. The van der Waals surface area contributed by atoms with Crippen molar-refractivity contribution in [2.75, 3.05) is 5.75 Å². The number of nitrogens with one attached hydrogen (secondary N) is 4. The minimum absolute atomic E-state index is 0.0521. The van der Waals surface area contributed by atoms with Crippen LogP contribution in [0.1, 0.15) is 39.7 Å². The number of carbonyl (C=O) groups is 4. The van der Waals surface area contributed by atoms with Crippen molar-refractivity contribution < 1.29 is 24.3 Å². The van der Waals surface area contributed by atoms with Gasteiger partial charge in [-0.1, -0.05) is 52.3 Å². The van der Waals surface area contributed by atoms with Crippen LogP contribution < -0.4 is 21.7 Å². The van der Waals surface area contributed by atoms with Crippen molar-refractivity contribution in [3.63, 3.8) is 0 Å². The van der Waals surface area contributed by atoms with Crippen LogP contribution in [0.3, 0.4) is 0 Å². The molecule has 198 valence electrons. The zero-order valence-electron chi connectivity index (χ0n) is 21.1. The van der Waals surface area contributed by atoms with Crippen LogP contribution in [-0.4, -0.2) is 63.7 Å². The van der Waals surface area contributed by atoms with E-state index in [2.05, 4.69) is 33.6 Å². The Bertz CT molecular complexity index is 1070. The Morgan fingerprint density at radius 2 is 1.64 bits per heavy atom. The van der Waals surface area contributed by atoms with E-state index >= 15 is 0 Å². The summed E-state index contributed by atoms with van der Waals surface area (Å²) in [4.78, 5) is 53.4. The SMILES string of the molecule is CCC(C)C(N)C(=O)NC(C(=O)NC(CS)C(=O)NC(Cc1c[nH]c2ccccc12)C(=O)O)C(C)C. The molecule has 0 aliphatic carbocycles. The van der Waals surface area contributed by atoms with E-state index in [0.29, 0.717) is 6.42 Å². The van der Waals surface area contributed by atoms with Gasteiger partial charge in [-0.25, -0.2) is 4.79 Å². The van der Waals surface area contributed by atoms with E-state index in [9.17, 15) is 24.3 Å². The summed E-state index contributed by atoms with van der Waals surface area (Å²) in [6, 6.07) is 3.44. The van der Waals surface area contributed by atoms with Crippen LogP contribution >= 0.6 is 12.6 Å². The molecule has 0 saturated carbocycles. The summed E-state index contributed by atoms with van der Waals surface area (Å²) >= 11 is 4.17. The molecule has 0 bridgehead atoms. The van der Waals surface area contributed by atoms with Crippen molar-refractivity contribution >= 4 is 47.2 Å². The number of carbonyl (C=O) groups excluding carboxylic acids is 3. The van der Waals surface area contributed by atoms with E-state index in [0.717, 1.165) is 16.5 Å². The third-order valence-electron chi connectivity index (χ3n) is 6.34. The number of rotatable bonds is 13. The van der Waals surface area contributed by atoms with Crippen molar-refractivity contribution in [1.29, 1.82) is 0 Å². The highest BCUT2D eigenvalue weighted by molar-refractivity contribution is 7.80. The lowest BCUT2D eigenvalue weighted by Gasteiger charge is -2.27. The van der Waals surface area contributed by atoms with Gasteiger partial charge in [0.1, 0.15) is 18.1 Å². The van der Waals surface area contributed by atoms with E-state index < -0.39 is 47.9 Å². The number of carboxylic acid groups (broad SMARTS) is 1. The molecule has 10 nitrogen and oxygen atoms in total. The Balaban J connectivity index is 2.08. The first-order chi connectivity index (χ1) is 17.0. The van der Waals surface area contributed by atoms with Crippen LogP contribution in [0.4, 0.5) is 0 Å². The molecule has 0 radical (unpaired) electrons. The third-order valence-corrected chi connectivity index (χ3v) is 6.70. The quantitative estimate of drug-likeness (QED) is 0.196. The van der Waals surface area contributed by atoms with Gasteiger partial charge in [-0.05, 0) is 23.5 Å². The predicted molar refractivity (Wildman–Crippen MR) is 142 cm³/mol. The van der Waals surface area contributed by atoms with Gasteiger partial charge >= 0.3 is 5.97 Å². The van der Waals surface area contributed by atoms with Gasteiger partial charge in [0.2, 0.25) is 17.7 Å². The lowest BCUT2D eigenvalue weighted by atomic mass is 9.97. The number of amides is 3. The number of para-hydroxylation sites is 1. The zero-order valence-corrected chi connectivity index (χ0v) is 22.0. The molecule has 2 aromatic rings. The largest absolute Gasteiger partial charge is 0.480 e. The van der Waals surface area contributed by atoms with Crippen molar-refractivity contribution in [2.45, 2.75) is 64.7 Å². The van der Waals surface area contributed by atoms with Crippen molar-refractivity contribution in [3.05, 3.63) is 36.0 Å². The molecular weight excluding hydrogens is 482 g/mol. The smallest absolute Gasteiger partial charge is 0.326 e. The monoisotopic (exact) mass is 519 g/mol. The molecule has 0 fully saturated rings. The van der Waals surface area contributed by atoms with E-state index in [-0.39, 0.29) is 24.0 Å². The second kappa shape index (κ2) is 13.3. The summed E-state index contributed by atoms with van der Waals surface area (Å²) < 4.78 is 0. The van der Waals surface area contributed by atoms with E-state index in [1.54, 1.807) is 20.0 Å². The molecule has 1 aromatic carbocycles. The van der Waals surface area contributed by atoms with Gasteiger partial charge in [0.05, 0.1) is 6.04 Å². The van der Waals surface area contributed by atoms with Gasteiger partial charge in [0, 0.05) is 29.3 Å². The number of H-pyrrole nitrogens is 1. The van der Waals surface area contributed by atoms with Crippen molar-refractivity contribution in [3.8, 4) is 0 Å². The molecule has 2 rings (SSSR count). The first-order valence-corrected chi connectivity index (χ1v) is 12.7. The van der Waals surface area contributed by atoms with Crippen molar-refractivity contribution in [2.24, 2.45) is 17.6 Å². The Kier molecular flexibility index (Phi) is 10.8. The molecule has 1 aromatic heterocycles. The first kappa shape index (κ1) is 29.2. The number of benzene rings is 1. The highest BCUT2D eigenvalue weighted by Gasteiger charge is 2.32. The topological polar surface area (TPSA) is 166 Å². The maximum absolute atomic E-state index is 13.0. The molecule has 0 aliphatic rings. The fourth-order valence-electron chi connectivity index (χ4n) is 3.75. The molecule has 5 unspecified atom stereocenters. The number of nitrogens with two attached hydrogens (primary N) is 1. The number of aromatic amines is 1. The number of aromatic nitrogens is 1. The van der Waals surface area contributed by atoms with Gasteiger partial charge in [-0.15, -0.1) is 0 Å². The second-order valence-electron chi connectivity index (χ2n) is 9.35. The van der Waals surface area contributed by atoms with Crippen LogP contribution in [-0.2, 0) is 25.6 Å². The molecule has 3 amide bonds. The summed E-state index contributed by atoms with van der Waals surface area (Å²) in [6.45, 7) is 7.29. The summed E-state index contributed by atoms with van der Waals surface area (Å²) in [5.74, 6) is -3.33. The van der Waals surface area contributed by atoms with E-state index in [1.807, 2.05) is 38.1 Å². The highest BCUT2D eigenvalue weighted by Crippen LogP contribution is 2.19. The lowest BCUT2D eigenvalue weighted by Crippen LogP contribution is -2.59. The molecular formula is C25H37N5O5S. The van der Waals surface area contributed by atoms with E-state index in [4.69, 9.17) is 5.73 Å². The normalized spacial score (nSPS) is 15.5. The Morgan fingerprint density at radius 3 is 2.22 bits per heavy atom. The minimum Gasteiger partial charge on any atom is -0.480 e. The summed E-state index contributed by atoms with van der Waals surface area (Å²) in [5, 5.41) is 18.3. The Morgan fingerprint density at radius 1 is 1.00 bits per heavy atom. The van der Waals surface area contributed by atoms with Gasteiger partial charge in [0.25, 0.3) is 0 Å². The number of hydrogen-bond acceptors (Lipinski definition) is 6. The summed E-state index contributed by atoms with van der Waals surface area (Å²) in [5.41, 5.74) is 7.59. The zero-order chi connectivity index (χ0) is 27.0.